The zero-order valence-electron chi connectivity index (χ0n) is 18.0. The molecule has 0 aliphatic heterocycles. The summed E-state index contributed by atoms with van der Waals surface area (Å²) in [6.45, 7) is 5.53. The Kier molecular flexibility index (Phi) is 8.04. The van der Waals surface area contributed by atoms with Crippen LogP contribution in [0.25, 0.3) is 10.9 Å². The van der Waals surface area contributed by atoms with Gasteiger partial charge in [-0.1, -0.05) is 40.9 Å². The molecule has 3 rings (SSSR count). The molecule has 168 valence electrons. The summed E-state index contributed by atoms with van der Waals surface area (Å²) in [5.74, 6) is 0.539. The van der Waals surface area contributed by atoms with Crippen LogP contribution in [-0.2, 0) is 11.2 Å². The monoisotopic (exact) mass is 519 g/mol. The van der Waals surface area contributed by atoms with E-state index in [0.717, 1.165) is 17.3 Å². The highest BCUT2D eigenvalue weighted by Gasteiger charge is 2.15. The highest BCUT2D eigenvalue weighted by molar-refractivity contribution is 9.10. The van der Waals surface area contributed by atoms with Crippen LogP contribution in [0, 0.1) is 0 Å². The number of benzene rings is 2. The van der Waals surface area contributed by atoms with Crippen molar-refractivity contribution in [3.63, 3.8) is 0 Å². The van der Waals surface area contributed by atoms with Crippen LogP contribution in [0.3, 0.4) is 0 Å². The van der Waals surface area contributed by atoms with E-state index in [1.54, 1.807) is 18.2 Å². The maximum absolute atomic E-state index is 13.2. The average Bonchev–Trinajstić information content (AvgIpc) is 2.74. The number of ether oxygens (including phenoxy) is 2. The van der Waals surface area contributed by atoms with E-state index >= 15 is 0 Å². The van der Waals surface area contributed by atoms with Gasteiger partial charge in [0, 0.05) is 17.8 Å². The molecule has 1 heterocycles. The Balaban J connectivity index is 2.09. The molecule has 32 heavy (non-hydrogen) atoms. The minimum absolute atomic E-state index is 0.149. The third kappa shape index (κ3) is 5.55. The number of hydrogen-bond acceptors (Lipinski definition) is 6. The molecule has 0 aliphatic carbocycles. The van der Waals surface area contributed by atoms with Crippen molar-refractivity contribution in [3.8, 4) is 11.5 Å². The van der Waals surface area contributed by atoms with Gasteiger partial charge in [-0.2, -0.15) is 9.78 Å². The van der Waals surface area contributed by atoms with Crippen LogP contribution in [-0.4, -0.2) is 28.5 Å². The molecule has 0 bridgehead atoms. The lowest BCUT2D eigenvalue weighted by Gasteiger charge is -2.12. The maximum atomic E-state index is 13.2. The highest BCUT2D eigenvalue weighted by atomic mass is 79.9. The highest BCUT2D eigenvalue weighted by Crippen LogP contribution is 2.36. The molecule has 0 unspecified atom stereocenters. The number of hydrogen-bond donors (Lipinski definition) is 0. The van der Waals surface area contributed by atoms with E-state index in [1.165, 1.54) is 17.8 Å². The number of unbranched alkanes of at least 4 members (excludes halogenated alkanes) is 1. The van der Waals surface area contributed by atoms with E-state index in [2.05, 4.69) is 32.9 Å². The lowest BCUT2D eigenvalue weighted by atomic mass is 10.2. The SMILES string of the molecule is CCCCc1nc2ccc(Br)cc2c(=O)n1N=Cc1cc(Cl)c(OC(C)=O)c(OCC)c1. The van der Waals surface area contributed by atoms with E-state index in [9.17, 15) is 9.59 Å². The predicted octanol–water partition coefficient (Wildman–Crippen LogP) is 5.36. The number of carbonyl (C=O) groups excluding carboxylic acids is 1. The first-order valence-electron chi connectivity index (χ1n) is 10.2. The van der Waals surface area contributed by atoms with Gasteiger partial charge in [-0.05, 0) is 49.2 Å². The van der Waals surface area contributed by atoms with Crippen molar-refractivity contribution in [3.05, 3.63) is 61.6 Å². The number of halogens is 2. The second-order valence-electron chi connectivity index (χ2n) is 7.01. The summed E-state index contributed by atoms with van der Waals surface area (Å²) in [4.78, 5) is 29.2. The fourth-order valence-electron chi connectivity index (χ4n) is 3.10. The van der Waals surface area contributed by atoms with E-state index < -0.39 is 5.97 Å². The fourth-order valence-corrected chi connectivity index (χ4v) is 3.72. The Morgan fingerprint density at radius 3 is 2.75 bits per heavy atom. The smallest absolute Gasteiger partial charge is 0.308 e. The van der Waals surface area contributed by atoms with E-state index in [-0.39, 0.29) is 16.3 Å². The van der Waals surface area contributed by atoms with Crippen molar-refractivity contribution < 1.29 is 14.3 Å². The van der Waals surface area contributed by atoms with Gasteiger partial charge < -0.3 is 9.47 Å². The van der Waals surface area contributed by atoms with E-state index in [4.69, 9.17) is 21.1 Å². The molecule has 2 aromatic carbocycles. The molecule has 1 aromatic heterocycles. The zero-order valence-corrected chi connectivity index (χ0v) is 20.4. The van der Waals surface area contributed by atoms with Gasteiger partial charge in [0.15, 0.2) is 11.5 Å². The summed E-state index contributed by atoms with van der Waals surface area (Å²) < 4.78 is 12.9. The quantitative estimate of drug-likeness (QED) is 0.227. The molecule has 0 atom stereocenters. The van der Waals surface area contributed by atoms with Crippen LogP contribution in [0.2, 0.25) is 5.02 Å². The van der Waals surface area contributed by atoms with Crippen LogP contribution >= 0.6 is 27.5 Å². The number of carbonyl (C=O) groups is 1. The van der Waals surface area contributed by atoms with Gasteiger partial charge >= 0.3 is 5.97 Å². The van der Waals surface area contributed by atoms with Gasteiger partial charge in [-0.25, -0.2) is 4.98 Å². The van der Waals surface area contributed by atoms with Crippen LogP contribution in [0.5, 0.6) is 11.5 Å². The molecule has 0 saturated heterocycles. The first-order chi connectivity index (χ1) is 15.3. The minimum atomic E-state index is -0.505. The van der Waals surface area contributed by atoms with Crippen LogP contribution in [0.4, 0.5) is 0 Å². The third-order valence-electron chi connectivity index (χ3n) is 4.53. The number of aromatic nitrogens is 2. The molecule has 0 aliphatic rings. The Bertz CT molecular complexity index is 1240. The van der Waals surface area contributed by atoms with Crippen molar-refractivity contribution >= 4 is 50.6 Å². The second-order valence-corrected chi connectivity index (χ2v) is 8.33. The molecule has 3 aromatic rings. The minimum Gasteiger partial charge on any atom is -0.490 e. The topological polar surface area (TPSA) is 82.8 Å². The summed E-state index contributed by atoms with van der Waals surface area (Å²) in [7, 11) is 0. The molecule has 0 spiro atoms. The molecule has 0 saturated carbocycles. The molecular formula is C23H23BrClN3O4. The van der Waals surface area contributed by atoms with Gasteiger partial charge in [0.1, 0.15) is 5.82 Å². The normalized spacial score (nSPS) is 11.3. The second kappa shape index (κ2) is 10.7. The molecule has 9 heteroatoms. The Morgan fingerprint density at radius 2 is 2.06 bits per heavy atom. The lowest BCUT2D eigenvalue weighted by molar-refractivity contribution is -0.132. The molecule has 0 radical (unpaired) electrons. The molecule has 0 N–H and O–H groups in total. The number of fused-ring (bicyclic) bond motifs is 1. The van der Waals surface area contributed by atoms with Crippen LogP contribution in [0.1, 0.15) is 45.0 Å². The standard InChI is InChI=1S/C23H23BrClN3O4/c1-4-6-7-21-27-19-9-8-16(24)12-17(19)23(30)28(21)26-13-15-10-18(25)22(32-14(3)29)20(11-15)31-5-2/h8-13H,4-7H2,1-3H3. The van der Waals surface area contributed by atoms with Gasteiger partial charge in [0.2, 0.25) is 0 Å². The van der Waals surface area contributed by atoms with E-state index in [0.29, 0.717) is 41.1 Å². The maximum Gasteiger partial charge on any atom is 0.308 e. The van der Waals surface area contributed by atoms with Gasteiger partial charge in [-0.15, -0.1) is 0 Å². The number of esters is 1. The summed E-state index contributed by atoms with van der Waals surface area (Å²) in [5.41, 5.74) is 0.950. The summed E-state index contributed by atoms with van der Waals surface area (Å²) in [5, 5.41) is 5.09. The number of nitrogens with zero attached hydrogens (tertiary/aromatic N) is 3. The third-order valence-corrected chi connectivity index (χ3v) is 5.30. The first kappa shape index (κ1) is 23.9. The van der Waals surface area contributed by atoms with Gasteiger partial charge in [0.25, 0.3) is 5.56 Å². The van der Waals surface area contributed by atoms with Gasteiger partial charge in [0.05, 0.1) is 28.7 Å². The lowest BCUT2D eigenvalue weighted by Crippen LogP contribution is -2.22. The zero-order chi connectivity index (χ0) is 23.3. The van der Waals surface area contributed by atoms with Crippen molar-refractivity contribution in [1.29, 1.82) is 0 Å². The molecule has 0 fully saturated rings. The van der Waals surface area contributed by atoms with Crippen LogP contribution < -0.4 is 15.0 Å². The summed E-state index contributed by atoms with van der Waals surface area (Å²) >= 11 is 9.72. The number of aryl methyl sites for hydroxylation is 1. The largest absolute Gasteiger partial charge is 0.490 e. The molecule has 0 amide bonds. The van der Waals surface area contributed by atoms with Crippen molar-refractivity contribution in [2.45, 2.75) is 40.0 Å². The Morgan fingerprint density at radius 1 is 1.28 bits per heavy atom. The van der Waals surface area contributed by atoms with Gasteiger partial charge in [-0.3, -0.25) is 9.59 Å². The fraction of sp³-hybridized carbons (Fsp3) is 0.304. The van der Waals surface area contributed by atoms with Crippen LogP contribution in [0.15, 0.2) is 44.7 Å². The van der Waals surface area contributed by atoms with Crippen molar-refractivity contribution in [2.24, 2.45) is 5.10 Å². The predicted molar refractivity (Wildman–Crippen MR) is 129 cm³/mol. The van der Waals surface area contributed by atoms with E-state index in [1.807, 2.05) is 19.1 Å². The average molecular weight is 521 g/mol. The Labute approximate surface area is 199 Å². The molecule has 7 nitrogen and oxygen atoms in total. The summed E-state index contributed by atoms with van der Waals surface area (Å²) in [6, 6.07) is 8.64. The van der Waals surface area contributed by atoms with Crippen molar-refractivity contribution in [2.75, 3.05) is 6.61 Å². The molecular weight excluding hydrogens is 498 g/mol. The van der Waals surface area contributed by atoms with Crippen molar-refractivity contribution in [1.82, 2.24) is 9.66 Å². The Hall–Kier alpha value is -2.71. The number of rotatable bonds is 8. The summed E-state index contributed by atoms with van der Waals surface area (Å²) in [6.07, 6.45) is 3.96. The first-order valence-corrected chi connectivity index (χ1v) is 11.4.